The number of aromatic nitrogens is 3. The van der Waals surface area contributed by atoms with Crippen LogP contribution in [0.2, 0.25) is 0 Å². The van der Waals surface area contributed by atoms with Crippen LogP contribution in [0.3, 0.4) is 0 Å². The highest BCUT2D eigenvalue weighted by atomic mass is 19.1. The van der Waals surface area contributed by atoms with Crippen LogP contribution in [-0.2, 0) is 6.54 Å². The molecule has 134 valence electrons. The monoisotopic (exact) mass is 360 g/mol. The van der Waals surface area contributed by atoms with Crippen molar-refractivity contribution in [1.82, 2.24) is 14.8 Å². The fourth-order valence-corrected chi connectivity index (χ4v) is 2.96. The average Bonchev–Trinajstić information content (AvgIpc) is 3.12. The Kier molecular flexibility index (Phi) is 4.38. The number of rotatable bonds is 4. The van der Waals surface area contributed by atoms with Crippen LogP contribution in [0, 0.1) is 5.82 Å². The van der Waals surface area contributed by atoms with E-state index < -0.39 is 0 Å². The highest BCUT2D eigenvalue weighted by Gasteiger charge is 2.17. The Morgan fingerprint density at radius 2 is 1.85 bits per heavy atom. The molecule has 0 aliphatic heterocycles. The lowest BCUT2D eigenvalue weighted by atomic mass is 10.1. The number of hydrogen-bond donors (Lipinski definition) is 1. The van der Waals surface area contributed by atoms with Crippen molar-refractivity contribution in [1.29, 1.82) is 0 Å². The highest BCUT2D eigenvalue weighted by Crippen LogP contribution is 2.25. The molecule has 2 aromatic carbocycles. The zero-order chi connectivity index (χ0) is 18.8. The van der Waals surface area contributed by atoms with Gasteiger partial charge in [-0.05, 0) is 37.3 Å². The van der Waals surface area contributed by atoms with Crippen LogP contribution < -0.4 is 5.32 Å². The normalized spacial score (nSPS) is 10.9. The molecule has 1 N–H and O–H groups in total. The number of carbonyl (C=O) groups is 1. The van der Waals surface area contributed by atoms with Gasteiger partial charge in [0.2, 0.25) is 0 Å². The van der Waals surface area contributed by atoms with Gasteiger partial charge in [-0.2, -0.15) is 5.10 Å². The quantitative estimate of drug-likeness (QED) is 0.582. The Labute approximate surface area is 155 Å². The second-order valence-electron chi connectivity index (χ2n) is 6.08. The fraction of sp³-hybridized carbons (Fsp3) is 0.0952. The molecule has 0 saturated heterocycles. The van der Waals surface area contributed by atoms with Gasteiger partial charge in [0.05, 0.1) is 22.8 Å². The van der Waals surface area contributed by atoms with E-state index in [0.29, 0.717) is 34.5 Å². The Bertz CT molecular complexity index is 1100. The molecular weight excluding hydrogens is 343 g/mol. The Morgan fingerprint density at radius 3 is 2.56 bits per heavy atom. The number of carbonyl (C=O) groups excluding carboxylic acids is 1. The van der Waals surface area contributed by atoms with Gasteiger partial charge >= 0.3 is 0 Å². The molecule has 0 unspecified atom stereocenters. The smallest absolute Gasteiger partial charge is 0.256 e. The van der Waals surface area contributed by atoms with Gasteiger partial charge < -0.3 is 5.32 Å². The van der Waals surface area contributed by atoms with Crippen molar-refractivity contribution < 1.29 is 9.18 Å². The van der Waals surface area contributed by atoms with Crippen molar-refractivity contribution in [2.45, 2.75) is 13.5 Å². The highest BCUT2D eigenvalue weighted by molar-refractivity contribution is 6.12. The third-order valence-electron chi connectivity index (χ3n) is 4.32. The molecule has 2 aromatic heterocycles. The predicted molar refractivity (Wildman–Crippen MR) is 103 cm³/mol. The number of halogens is 1. The second kappa shape index (κ2) is 6.99. The zero-order valence-corrected chi connectivity index (χ0v) is 14.7. The first-order chi connectivity index (χ1) is 13.2. The molecule has 1 amide bonds. The summed E-state index contributed by atoms with van der Waals surface area (Å²) in [5, 5.41) is 7.82. The standard InChI is InChI=1S/C21H17FN4O/c1-2-26-20-18(13-23-26)17(12-19(25-20)14-6-4-3-5-7-14)21(27)24-16-10-8-15(22)9-11-16/h3-13H,2H2,1H3,(H,24,27). The van der Waals surface area contributed by atoms with Gasteiger partial charge in [-0.15, -0.1) is 0 Å². The summed E-state index contributed by atoms with van der Waals surface area (Å²) in [6.45, 7) is 2.62. The molecule has 0 bridgehead atoms. The number of anilines is 1. The summed E-state index contributed by atoms with van der Waals surface area (Å²) in [7, 11) is 0. The first-order valence-electron chi connectivity index (χ1n) is 8.64. The summed E-state index contributed by atoms with van der Waals surface area (Å²) in [5.74, 6) is -0.642. The lowest BCUT2D eigenvalue weighted by molar-refractivity contribution is 0.102. The van der Waals surface area contributed by atoms with E-state index in [0.717, 1.165) is 5.56 Å². The maximum atomic E-state index is 13.1. The largest absolute Gasteiger partial charge is 0.322 e. The first kappa shape index (κ1) is 16.9. The number of nitrogens with one attached hydrogen (secondary N) is 1. The third kappa shape index (κ3) is 3.29. The third-order valence-corrected chi connectivity index (χ3v) is 4.32. The Hall–Kier alpha value is -3.54. The number of nitrogens with zero attached hydrogens (tertiary/aromatic N) is 3. The summed E-state index contributed by atoms with van der Waals surface area (Å²) in [5.41, 5.74) is 3.27. The Balaban J connectivity index is 1.81. The SMILES string of the molecule is CCn1ncc2c(C(=O)Nc3ccc(F)cc3)cc(-c3ccccc3)nc21. The van der Waals surface area contributed by atoms with Crippen molar-refractivity contribution in [2.24, 2.45) is 0 Å². The molecule has 0 spiro atoms. The number of aryl methyl sites for hydroxylation is 1. The van der Waals surface area contributed by atoms with Gasteiger partial charge in [0.1, 0.15) is 5.82 Å². The van der Waals surface area contributed by atoms with Gasteiger partial charge in [-0.1, -0.05) is 30.3 Å². The lowest BCUT2D eigenvalue weighted by Gasteiger charge is -2.09. The lowest BCUT2D eigenvalue weighted by Crippen LogP contribution is -2.13. The van der Waals surface area contributed by atoms with E-state index in [1.165, 1.54) is 24.3 Å². The van der Waals surface area contributed by atoms with E-state index in [-0.39, 0.29) is 11.7 Å². The average molecular weight is 360 g/mol. The molecule has 0 saturated carbocycles. The number of pyridine rings is 1. The van der Waals surface area contributed by atoms with Crippen LogP contribution in [0.15, 0.2) is 66.9 Å². The summed E-state index contributed by atoms with van der Waals surface area (Å²) in [6, 6.07) is 17.1. The molecule has 0 aliphatic carbocycles. The first-order valence-corrected chi connectivity index (χ1v) is 8.64. The molecule has 27 heavy (non-hydrogen) atoms. The van der Waals surface area contributed by atoms with Crippen LogP contribution >= 0.6 is 0 Å². The summed E-state index contributed by atoms with van der Waals surface area (Å²) in [4.78, 5) is 17.6. The predicted octanol–water partition coefficient (Wildman–Crippen LogP) is 4.51. The minimum Gasteiger partial charge on any atom is -0.322 e. The molecule has 5 nitrogen and oxygen atoms in total. The van der Waals surface area contributed by atoms with E-state index in [9.17, 15) is 9.18 Å². The molecule has 4 aromatic rings. The van der Waals surface area contributed by atoms with Crippen LogP contribution in [-0.4, -0.2) is 20.7 Å². The minimum absolute atomic E-state index is 0.290. The van der Waals surface area contributed by atoms with Crippen molar-refractivity contribution >= 4 is 22.6 Å². The van der Waals surface area contributed by atoms with E-state index in [1.54, 1.807) is 16.9 Å². The van der Waals surface area contributed by atoms with E-state index in [1.807, 2.05) is 37.3 Å². The Morgan fingerprint density at radius 1 is 1.11 bits per heavy atom. The van der Waals surface area contributed by atoms with Gasteiger partial charge in [-0.25, -0.2) is 14.1 Å². The molecular formula is C21H17FN4O. The van der Waals surface area contributed by atoms with E-state index in [2.05, 4.69) is 10.4 Å². The molecule has 0 atom stereocenters. The number of amides is 1. The zero-order valence-electron chi connectivity index (χ0n) is 14.7. The van der Waals surface area contributed by atoms with Gasteiger partial charge in [0, 0.05) is 17.8 Å². The van der Waals surface area contributed by atoms with Crippen LogP contribution in [0.4, 0.5) is 10.1 Å². The van der Waals surface area contributed by atoms with Gasteiger partial charge in [0.25, 0.3) is 5.91 Å². The number of hydrogen-bond acceptors (Lipinski definition) is 3. The summed E-state index contributed by atoms with van der Waals surface area (Å²) >= 11 is 0. The van der Waals surface area contributed by atoms with Crippen LogP contribution in [0.5, 0.6) is 0 Å². The second-order valence-corrected chi connectivity index (χ2v) is 6.08. The van der Waals surface area contributed by atoms with Crippen molar-refractivity contribution in [2.75, 3.05) is 5.32 Å². The van der Waals surface area contributed by atoms with Gasteiger partial charge in [0.15, 0.2) is 5.65 Å². The maximum absolute atomic E-state index is 13.1. The van der Waals surface area contributed by atoms with Crippen molar-refractivity contribution in [3.63, 3.8) is 0 Å². The number of fused-ring (bicyclic) bond motifs is 1. The molecule has 2 heterocycles. The molecule has 0 aliphatic rings. The molecule has 4 rings (SSSR count). The van der Waals surface area contributed by atoms with Crippen LogP contribution in [0.25, 0.3) is 22.3 Å². The maximum Gasteiger partial charge on any atom is 0.256 e. The van der Waals surface area contributed by atoms with Gasteiger partial charge in [-0.3, -0.25) is 4.79 Å². The topological polar surface area (TPSA) is 59.8 Å². The van der Waals surface area contributed by atoms with Crippen molar-refractivity contribution in [3.05, 3.63) is 78.2 Å². The van der Waals surface area contributed by atoms with E-state index >= 15 is 0 Å². The molecule has 0 radical (unpaired) electrons. The molecule has 6 heteroatoms. The summed E-state index contributed by atoms with van der Waals surface area (Å²) in [6.07, 6.45) is 1.65. The van der Waals surface area contributed by atoms with E-state index in [4.69, 9.17) is 4.98 Å². The minimum atomic E-state index is -0.352. The fourth-order valence-electron chi connectivity index (χ4n) is 2.96. The molecule has 0 fully saturated rings. The van der Waals surface area contributed by atoms with Crippen LogP contribution in [0.1, 0.15) is 17.3 Å². The van der Waals surface area contributed by atoms with Crippen molar-refractivity contribution in [3.8, 4) is 11.3 Å². The summed E-state index contributed by atoms with van der Waals surface area (Å²) < 4.78 is 14.9. The number of benzene rings is 2.